The predicted molar refractivity (Wildman–Crippen MR) is 71.3 cm³/mol. The number of sulfone groups is 1. The number of hydrogen-bond donors (Lipinski definition) is 1. The van der Waals surface area contributed by atoms with E-state index in [2.05, 4.69) is 41.6 Å². The van der Waals surface area contributed by atoms with Crippen LogP contribution in [0.25, 0.3) is 0 Å². The number of nitrogens with one attached hydrogen (secondary N) is 1. The number of nitrogens with zero attached hydrogens (tertiary/aromatic N) is 4. The molecule has 0 saturated carbocycles. The van der Waals surface area contributed by atoms with E-state index >= 15 is 0 Å². The van der Waals surface area contributed by atoms with Gasteiger partial charge in [-0.15, -0.1) is 5.10 Å². The lowest BCUT2D eigenvalue weighted by molar-refractivity contribution is 0.379. The highest BCUT2D eigenvalue weighted by Crippen LogP contribution is 2.23. The molecule has 0 spiro atoms. The van der Waals surface area contributed by atoms with E-state index in [9.17, 15) is 8.42 Å². The molecule has 0 amide bonds. The Morgan fingerprint density at radius 1 is 1.42 bits per heavy atom. The molecule has 1 aromatic heterocycles. The van der Waals surface area contributed by atoms with Crippen LogP contribution < -0.4 is 5.32 Å². The maximum absolute atomic E-state index is 11.7. The van der Waals surface area contributed by atoms with Crippen molar-refractivity contribution in [3.63, 3.8) is 0 Å². The molecule has 1 unspecified atom stereocenters. The molecule has 108 valence electrons. The zero-order valence-corrected chi connectivity index (χ0v) is 12.4. The third-order valence-electron chi connectivity index (χ3n) is 3.12. The van der Waals surface area contributed by atoms with Crippen molar-refractivity contribution in [1.82, 2.24) is 25.5 Å². The van der Waals surface area contributed by atoms with E-state index in [-0.39, 0.29) is 23.1 Å². The summed E-state index contributed by atoms with van der Waals surface area (Å²) >= 11 is 0. The summed E-state index contributed by atoms with van der Waals surface area (Å²) < 4.78 is 25.0. The van der Waals surface area contributed by atoms with Crippen molar-refractivity contribution in [1.29, 1.82) is 0 Å². The Labute approximate surface area is 113 Å². The van der Waals surface area contributed by atoms with Crippen LogP contribution in [0.3, 0.4) is 0 Å². The van der Waals surface area contributed by atoms with Crippen molar-refractivity contribution in [3.8, 4) is 0 Å². The second-order valence-electron chi connectivity index (χ2n) is 6.05. The smallest absolute Gasteiger partial charge is 0.165 e. The van der Waals surface area contributed by atoms with Crippen LogP contribution in [-0.4, -0.2) is 45.7 Å². The van der Waals surface area contributed by atoms with E-state index < -0.39 is 9.84 Å². The van der Waals surface area contributed by atoms with Crippen LogP contribution >= 0.6 is 0 Å². The Balaban J connectivity index is 2.11. The lowest BCUT2D eigenvalue weighted by Crippen LogP contribution is -2.37. The van der Waals surface area contributed by atoms with E-state index in [0.29, 0.717) is 18.8 Å². The van der Waals surface area contributed by atoms with Crippen LogP contribution in [0, 0.1) is 0 Å². The molecule has 2 rings (SSSR count). The van der Waals surface area contributed by atoms with E-state index in [1.54, 1.807) is 4.68 Å². The first kappa shape index (κ1) is 14.4. The summed E-state index contributed by atoms with van der Waals surface area (Å²) in [4.78, 5) is 0. The summed E-state index contributed by atoms with van der Waals surface area (Å²) in [5.74, 6) is 1.11. The molecule has 1 aliphatic rings. The lowest BCUT2D eigenvalue weighted by Gasteiger charge is -2.24. The normalized spacial score (nSPS) is 23.4. The van der Waals surface area contributed by atoms with Gasteiger partial charge in [0.2, 0.25) is 0 Å². The standard InChI is InChI=1S/C11H21N5O2S/c1-11(2,3)12-7-10-13-14-15-16(10)9-5-4-6-19(17,18)8-9/h9,12H,4-8H2,1-3H3. The Bertz CT molecular complexity index is 532. The highest BCUT2D eigenvalue weighted by atomic mass is 32.2. The van der Waals surface area contributed by atoms with Gasteiger partial charge in [-0.3, -0.25) is 0 Å². The van der Waals surface area contributed by atoms with Gasteiger partial charge in [-0.1, -0.05) is 0 Å². The minimum atomic E-state index is -2.95. The highest BCUT2D eigenvalue weighted by Gasteiger charge is 2.28. The summed E-state index contributed by atoms with van der Waals surface area (Å²) in [6.07, 6.45) is 1.49. The monoisotopic (exact) mass is 287 g/mol. The molecule has 1 aromatic rings. The average Bonchev–Trinajstić information content (AvgIpc) is 2.72. The average molecular weight is 287 g/mol. The lowest BCUT2D eigenvalue weighted by atomic mass is 10.1. The minimum absolute atomic E-state index is 0.0323. The van der Waals surface area contributed by atoms with Crippen LogP contribution in [0.4, 0.5) is 0 Å². The van der Waals surface area contributed by atoms with Gasteiger partial charge in [0, 0.05) is 5.54 Å². The molecule has 8 heteroatoms. The van der Waals surface area contributed by atoms with Crippen LogP contribution in [0.1, 0.15) is 45.5 Å². The van der Waals surface area contributed by atoms with Gasteiger partial charge >= 0.3 is 0 Å². The first-order valence-corrected chi connectivity index (χ1v) is 8.31. The molecular weight excluding hydrogens is 266 g/mol. The quantitative estimate of drug-likeness (QED) is 0.860. The molecule has 1 aliphatic heterocycles. The zero-order chi connectivity index (χ0) is 14.1. The van der Waals surface area contributed by atoms with Crippen LogP contribution in [0.15, 0.2) is 0 Å². The minimum Gasteiger partial charge on any atom is -0.305 e. The molecule has 0 bridgehead atoms. The number of aromatic nitrogens is 4. The molecule has 2 heterocycles. The van der Waals surface area contributed by atoms with Gasteiger partial charge < -0.3 is 5.32 Å². The second kappa shape index (κ2) is 5.16. The fourth-order valence-corrected chi connectivity index (χ4v) is 3.82. The number of hydrogen-bond acceptors (Lipinski definition) is 6. The van der Waals surface area contributed by atoms with Gasteiger partial charge in [-0.05, 0) is 44.0 Å². The van der Waals surface area contributed by atoms with Crippen molar-refractivity contribution in [2.24, 2.45) is 0 Å². The zero-order valence-electron chi connectivity index (χ0n) is 11.6. The fourth-order valence-electron chi connectivity index (χ4n) is 2.15. The predicted octanol–water partition coefficient (Wildman–Crippen LogP) is 0.311. The van der Waals surface area contributed by atoms with Gasteiger partial charge in [-0.25, -0.2) is 13.1 Å². The maximum Gasteiger partial charge on any atom is 0.165 e. The molecular formula is C11H21N5O2S. The van der Waals surface area contributed by atoms with E-state index in [1.807, 2.05) is 0 Å². The van der Waals surface area contributed by atoms with Crippen molar-refractivity contribution in [3.05, 3.63) is 5.82 Å². The molecule has 19 heavy (non-hydrogen) atoms. The van der Waals surface area contributed by atoms with Crippen LogP contribution in [0.2, 0.25) is 0 Å². The summed E-state index contributed by atoms with van der Waals surface area (Å²) in [7, 11) is -2.95. The first-order chi connectivity index (χ1) is 8.77. The van der Waals surface area contributed by atoms with Gasteiger partial charge in [0.15, 0.2) is 15.7 Å². The maximum atomic E-state index is 11.7. The summed E-state index contributed by atoms with van der Waals surface area (Å²) in [5, 5.41) is 14.9. The molecule has 0 aromatic carbocycles. The summed E-state index contributed by atoms with van der Waals surface area (Å²) in [5.41, 5.74) is -0.0323. The third kappa shape index (κ3) is 3.97. The molecule has 1 atom stereocenters. The Morgan fingerprint density at radius 2 is 2.16 bits per heavy atom. The second-order valence-corrected chi connectivity index (χ2v) is 8.28. The Kier molecular flexibility index (Phi) is 3.91. The Morgan fingerprint density at radius 3 is 2.79 bits per heavy atom. The van der Waals surface area contributed by atoms with E-state index in [0.717, 1.165) is 6.42 Å². The van der Waals surface area contributed by atoms with Gasteiger partial charge in [-0.2, -0.15) is 0 Å². The molecule has 1 fully saturated rings. The number of rotatable bonds is 3. The van der Waals surface area contributed by atoms with Gasteiger partial charge in [0.25, 0.3) is 0 Å². The van der Waals surface area contributed by atoms with Crippen molar-refractivity contribution < 1.29 is 8.42 Å². The fraction of sp³-hybridized carbons (Fsp3) is 0.909. The SMILES string of the molecule is CC(C)(C)NCc1nnnn1C1CCCS(=O)(=O)C1. The molecule has 0 aliphatic carbocycles. The van der Waals surface area contributed by atoms with Crippen LogP contribution in [-0.2, 0) is 16.4 Å². The topological polar surface area (TPSA) is 89.8 Å². The van der Waals surface area contributed by atoms with Crippen molar-refractivity contribution in [2.75, 3.05) is 11.5 Å². The molecule has 0 radical (unpaired) electrons. The third-order valence-corrected chi connectivity index (χ3v) is 4.93. The van der Waals surface area contributed by atoms with Crippen LogP contribution in [0.5, 0.6) is 0 Å². The molecule has 7 nitrogen and oxygen atoms in total. The van der Waals surface area contributed by atoms with Crippen molar-refractivity contribution in [2.45, 2.75) is 51.7 Å². The summed E-state index contributed by atoms with van der Waals surface area (Å²) in [6, 6.07) is -0.134. The Hall–Kier alpha value is -1.02. The largest absolute Gasteiger partial charge is 0.305 e. The van der Waals surface area contributed by atoms with Crippen molar-refractivity contribution >= 4 is 9.84 Å². The van der Waals surface area contributed by atoms with E-state index in [4.69, 9.17) is 0 Å². The first-order valence-electron chi connectivity index (χ1n) is 6.49. The molecule has 1 saturated heterocycles. The van der Waals surface area contributed by atoms with Gasteiger partial charge in [0.1, 0.15) is 0 Å². The molecule has 1 N–H and O–H groups in total. The highest BCUT2D eigenvalue weighted by molar-refractivity contribution is 7.91. The van der Waals surface area contributed by atoms with Gasteiger partial charge in [0.05, 0.1) is 24.1 Å². The number of tetrazole rings is 1. The summed E-state index contributed by atoms with van der Waals surface area (Å²) in [6.45, 7) is 6.72. The van der Waals surface area contributed by atoms with E-state index in [1.165, 1.54) is 0 Å².